The van der Waals surface area contributed by atoms with Gasteiger partial charge in [-0.3, -0.25) is 24.6 Å². The molecule has 8 rings (SSSR count). The molecule has 1 atom stereocenters. The monoisotopic (exact) mass is 674 g/mol. The lowest BCUT2D eigenvalue weighted by Crippen LogP contribution is -2.52. The number of pyridine rings is 1. The molecule has 12 heteroatoms. The van der Waals surface area contributed by atoms with E-state index in [0.717, 1.165) is 73.4 Å². The van der Waals surface area contributed by atoms with Gasteiger partial charge < -0.3 is 20.2 Å². The predicted molar refractivity (Wildman–Crippen MR) is 188 cm³/mol. The van der Waals surface area contributed by atoms with E-state index in [1.807, 2.05) is 37.4 Å². The lowest BCUT2D eigenvalue weighted by atomic mass is 9.83. The van der Waals surface area contributed by atoms with Crippen molar-refractivity contribution in [2.24, 2.45) is 0 Å². The van der Waals surface area contributed by atoms with Gasteiger partial charge in [0.25, 0.3) is 5.91 Å². The molecule has 3 fully saturated rings. The van der Waals surface area contributed by atoms with E-state index >= 15 is 0 Å². The first-order chi connectivity index (χ1) is 24.2. The van der Waals surface area contributed by atoms with E-state index in [-0.39, 0.29) is 18.2 Å². The van der Waals surface area contributed by atoms with Gasteiger partial charge in [0.15, 0.2) is 5.65 Å². The number of aliphatic hydroxyl groups is 1. The fraction of sp³-hybridized carbons (Fsp3) is 0.421. The van der Waals surface area contributed by atoms with E-state index < -0.39 is 17.6 Å². The molecule has 1 unspecified atom stereocenters. The molecule has 4 aliphatic rings. The number of hydrogen-bond acceptors (Lipinski definition) is 10. The van der Waals surface area contributed by atoms with Crippen LogP contribution in [0.25, 0.3) is 11.0 Å². The van der Waals surface area contributed by atoms with Gasteiger partial charge in [-0.15, -0.1) is 0 Å². The van der Waals surface area contributed by atoms with E-state index in [9.17, 15) is 19.5 Å². The minimum absolute atomic E-state index is 0.199. The standard InChI is InChI=1S/C38H42N8O4/c1-24-2-5-26-21-39-37(43-34(26)40-24)41-29-12-16-45(17-13-29)30-7-3-25(4-8-30)22-44-18-14-38(50,15-19-44)28-6-9-31-27(20-28)23-46(36(31)49)32-10-11-33(47)42-35(32)48/h2-9,20-21,29,32,50H,10-19,22-23H2,1H3,(H,42,47,48)(H,39,40,41,43). The third kappa shape index (κ3) is 6.40. The van der Waals surface area contributed by atoms with Crippen molar-refractivity contribution < 1.29 is 19.5 Å². The number of carbonyl (C=O) groups is 3. The van der Waals surface area contributed by atoms with Gasteiger partial charge >= 0.3 is 0 Å². The number of likely N-dealkylation sites (tertiary alicyclic amines) is 1. The van der Waals surface area contributed by atoms with Crippen molar-refractivity contribution in [2.75, 3.05) is 36.4 Å². The third-order valence-electron chi connectivity index (χ3n) is 10.9. The third-order valence-corrected chi connectivity index (χ3v) is 10.9. The minimum atomic E-state index is -0.974. The minimum Gasteiger partial charge on any atom is -0.385 e. The molecular formula is C38H42N8O4. The van der Waals surface area contributed by atoms with Crippen LogP contribution in [0.5, 0.6) is 0 Å². The summed E-state index contributed by atoms with van der Waals surface area (Å²) < 4.78 is 0. The summed E-state index contributed by atoms with van der Waals surface area (Å²) in [5, 5.41) is 18.5. The van der Waals surface area contributed by atoms with Crippen LogP contribution in [0, 0.1) is 6.92 Å². The molecule has 2 aromatic heterocycles. The number of hydrogen-bond donors (Lipinski definition) is 3. The van der Waals surface area contributed by atoms with Crippen LogP contribution in [0.2, 0.25) is 0 Å². The van der Waals surface area contributed by atoms with Crippen molar-refractivity contribution in [3.8, 4) is 0 Å². The Labute approximate surface area is 290 Å². The molecule has 6 heterocycles. The zero-order valence-electron chi connectivity index (χ0n) is 28.3. The average Bonchev–Trinajstić information content (AvgIpc) is 3.45. The number of rotatable bonds is 7. The fourth-order valence-electron chi connectivity index (χ4n) is 7.84. The first kappa shape index (κ1) is 32.3. The number of nitrogens with one attached hydrogen (secondary N) is 2. The van der Waals surface area contributed by atoms with Gasteiger partial charge in [-0.2, -0.15) is 4.98 Å². The van der Waals surface area contributed by atoms with Gasteiger partial charge in [-0.25, -0.2) is 9.97 Å². The normalized spacial score (nSPS) is 21.4. The molecule has 12 nitrogen and oxygen atoms in total. The molecule has 0 saturated carbocycles. The van der Waals surface area contributed by atoms with E-state index in [4.69, 9.17) is 0 Å². The Kier molecular flexibility index (Phi) is 8.44. The van der Waals surface area contributed by atoms with Gasteiger partial charge in [0.2, 0.25) is 17.8 Å². The molecule has 3 N–H and O–H groups in total. The zero-order chi connectivity index (χ0) is 34.4. The first-order valence-electron chi connectivity index (χ1n) is 17.6. The van der Waals surface area contributed by atoms with Crippen molar-refractivity contribution in [3.05, 3.63) is 88.7 Å². The Hall–Kier alpha value is -4.94. The second-order valence-corrected chi connectivity index (χ2v) is 14.2. The van der Waals surface area contributed by atoms with Crippen LogP contribution in [-0.4, -0.2) is 85.8 Å². The smallest absolute Gasteiger partial charge is 0.255 e. The number of imide groups is 1. The number of aryl methyl sites for hydroxylation is 1. The molecule has 0 radical (unpaired) electrons. The summed E-state index contributed by atoms with van der Waals surface area (Å²) in [5.74, 6) is -0.281. The molecule has 3 amide bonds. The zero-order valence-corrected chi connectivity index (χ0v) is 28.3. The van der Waals surface area contributed by atoms with E-state index in [0.29, 0.717) is 43.4 Å². The Balaban J connectivity index is 0.822. The second-order valence-electron chi connectivity index (χ2n) is 14.2. The average molecular weight is 675 g/mol. The maximum absolute atomic E-state index is 13.1. The number of piperidine rings is 3. The maximum Gasteiger partial charge on any atom is 0.255 e. The number of benzene rings is 2. The molecule has 4 aromatic rings. The molecular weight excluding hydrogens is 632 g/mol. The van der Waals surface area contributed by atoms with E-state index in [1.54, 1.807) is 11.0 Å². The highest BCUT2D eigenvalue weighted by Crippen LogP contribution is 2.37. The summed E-state index contributed by atoms with van der Waals surface area (Å²) in [5.41, 5.74) is 5.37. The topological polar surface area (TPSA) is 144 Å². The highest BCUT2D eigenvalue weighted by molar-refractivity contribution is 6.05. The molecule has 0 aliphatic carbocycles. The SMILES string of the molecule is Cc1ccc2cnc(NC3CCN(c4ccc(CN5CCC(O)(c6ccc7c(c6)CN(C6CCC(=O)NC6=O)C7=O)CC5)cc4)CC3)nc2n1. The summed E-state index contributed by atoms with van der Waals surface area (Å²) in [6.07, 6.45) is 5.58. The lowest BCUT2D eigenvalue weighted by molar-refractivity contribution is -0.136. The molecule has 258 valence electrons. The van der Waals surface area contributed by atoms with Crippen molar-refractivity contribution in [3.63, 3.8) is 0 Å². The van der Waals surface area contributed by atoms with Crippen LogP contribution >= 0.6 is 0 Å². The number of aromatic nitrogens is 3. The maximum atomic E-state index is 13.1. The van der Waals surface area contributed by atoms with Gasteiger partial charge in [-0.1, -0.05) is 24.3 Å². The predicted octanol–water partition coefficient (Wildman–Crippen LogP) is 3.66. The first-order valence-corrected chi connectivity index (χ1v) is 17.6. The highest BCUT2D eigenvalue weighted by Gasteiger charge is 2.41. The Morgan fingerprint density at radius 3 is 2.48 bits per heavy atom. The molecule has 3 saturated heterocycles. The van der Waals surface area contributed by atoms with Gasteiger partial charge in [0.05, 0.1) is 5.60 Å². The Bertz CT molecular complexity index is 1950. The van der Waals surface area contributed by atoms with Crippen LogP contribution in [0.15, 0.2) is 60.8 Å². The molecule has 50 heavy (non-hydrogen) atoms. The molecule has 0 bridgehead atoms. The van der Waals surface area contributed by atoms with E-state index in [2.05, 4.69) is 59.7 Å². The van der Waals surface area contributed by atoms with Crippen LogP contribution in [0.1, 0.15) is 71.3 Å². The van der Waals surface area contributed by atoms with Crippen molar-refractivity contribution >= 4 is 40.4 Å². The number of fused-ring (bicyclic) bond motifs is 2. The highest BCUT2D eigenvalue weighted by atomic mass is 16.3. The quantitative estimate of drug-likeness (QED) is 0.249. The van der Waals surface area contributed by atoms with Crippen molar-refractivity contribution in [2.45, 2.75) is 76.2 Å². The van der Waals surface area contributed by atoms with Crippen LogP contribution in [-0.2, 0) is 28.3 Å². The summed E-state index contributed by atoms with van der Waals surface area (Å²) in [6.45, 7) is 6.52. The summed E-state index contributed by atoms with van der Waals surface area (Å²) in [4.78, 5) is 57.2. The van der Waals surface area contributed by atoms with Gasteiger partial charge in [-0.05, 0) is 86.1 Å². The van der Waals surface area contributed by atoms with Crippen LogP contribution in [0.4, 0.5) is 11.6 Å². The Morgan fingerprint density at radius 2 is 1.72 bits per heavy atom. The molecule has 4 aliphatic heterocycles. The summed E-state index contributed by atoms with van der Waals surface area (Å²) >= 11 is 0. The van der Waals surface area contributed by atoms with Gasteiger partial charge in [0.1, 0.15) is 6.04 Å². The van der Waals surface area contributed by atoms with Gasteiger partial charge in [0, 0.05) is 80.3 Å². The number of nitrogens with zero attached hydrogens (tertiary/aromatic N) is 6. The molecule has 0 spiro atoms. The number of amides is 3. The number of anilines is 2. The summed E-state index contributed by atoms with van der Waals surface area (Å²) in [7, 11) is 0. The van der Waals surface area contributed by atoms with E-state index in [1.165, 1.54) is 11.3 Å². The summed E-state index contributed by atoms with van der Waals surface area (Å²) in [6, 6.07) is 18.1. The molecule has 2 aromatic carbocycles. The van der Waals surface area contributed by atoms with Crippen molar-refractivity contribution in [1.29, 1.82) is 0 Å². The largest absolute Gasteiger partial charge is 0.385 e. The van der Waals surface area contributed by atoms with Crippen LogP contribution in [0.3, 0.4) is 0 Å². The lowest BCUT2D eigenvalue weighted by Gasteiger charge is -2.39. The second kappa shape index (κ2) is 13.1. The van der Waals surface area contributed by atoms with Crippen LogP contribution < -0.4 is 15.5 Å². The Morgan fingerprint density at radius 1 is 0.940 bits per heavy atom. The fourth-order valence-corrected chi connectivity index (χ4v) is 7.84. The van der Waals surface area contributed by atoms with Crippen molar-refractivity contribution in [1.82, 2.24) is 30.1 Å². The number of carbonyl (C=O) groups excluding carboxylic acids is 3.